The molecule has 0 aromatic heterocycles. The lowest BCUT2D eigenvalue weighted by molar-refractivity contribution is -0.133. The van der Waals surface area contributed by atoms with Crippen LogP contribution in [0.3, 0.4) is 0 Å². The molecule has 102 valence electrons. The van der Waals surface area contributed by atoms with E-state index in [0.29, 0.717) is 5.69 Å². The Morgan fingerprint density at radius 2 is 1.89 bits per heavy atom. The molecule has 1 saturated heterocycles. The lowest BCUT2D eigenvalue weighted by Crippen LogP contribution is -2.32. The minimum atomic E-state index is -0.606. The molecule has 1 fully saturated rings. The lowest BCUT2D eigenvalue weighted by Gasteiger charge is -2.15. The molecule has 0 unspecified atom stereocenters. The molecular weight excluding hydrogens is 246 g/mol. The number of carbonyl (C=O) groups is 2. The van der Waals surface area contributed by atoms with E-state index >= 15 is 0 Å². The molecule has 0 saturated carbocycles. The third-order valence-corrected chi connectivity index (χ3v) is 3.08. The molecule has 0 bridgehead atoms. The molecule has 19 heavy (non-hydrogen) atoms. The first-order valence-electron chi connectivity index (χ1n) is 6.18. The molecule has 1 aromatic carbocycles. The molecule has 0 spiro atoms. The van der Waals surface area contributed by atoms with Gasteiger partial charge in [0.15, 0.2) is 6.61 Å². The van der Waals surface area contributed by atoms with Gasteiger partial charge in [0.05, 0.1) is 5.56 Å². The van der Waals surface area contributed by atoms with Crippen LogP contribution in [0.5, 0.6) is 0 Å². The number of hydrogen-bond donors (Lipinski definition) is 2. The van der Waals surface area contributed by atoms with Crippen molar-refractivity contribution in [2.24, 2.45) is 0 Å². The van der Waals surface area contributed by atoms with Crippen LogP contribution in [-0.4, -0.2) is 36.5 Å². The number of hydrogen-bond acceptors (Lipinski definition) is 5. The number of rotatable bonds is 3. The van der Waals surface area contributed by atoms with E-state index in [1.165, 1.54) is 12.1 Å². The zero-order chi connectivity index (χ0) is 13.8. The van der Waals surface area contributed by atoms with E-state index in [-0.39, 0.29) is 23.8 Å². The minimum Gasteiger partial charge on any atom is -0.452 e. The van der Waals surface area contributed by atoms with E-state index in [0.717, 1.165) is 25.9 Å². The van der Waals surface area contributed by atoms with E-state index in [1.807, 2.05) is 0 Å². The van der Waals surface area contributed by atoms with Gasteiger partial charge < -0.3 is 21.1 Å². The summed E-state index contributed by atoms with van der Waals surface area (Å²) in [5, 5.41) is 0. The highest BCUT2D eigenvalue weighted by Crippen LogP contribution is 2.16. The van der Waals surface area contributed by atoms with Crippen LogP contribution in [0.15, 0.2) is 18.2 Å². The molecule has 4 N–H and O–H groups in total. The zero-order valence-corrected chi connectivity index (χ0v) is 10.6. The first kappa shape index (κ1) is 13.2. The van der Waals surface area contributed by atoms with Crippen molar-refractivity contribution in [2.45, 2.75) is 12.8 Å². The predicted molar refractivity (Wildman–Crippen MR) is 71.4 cm³/mol. The van der Waals surface area contributed by atoms with Crippen molar-refractivity contribution >= 4 is 23.3 Å². The van der Waals surface area contributed by atoms with Crippen molar-refractivity contribution in [3.05, 3.63) is 23.8 Å². The summed E-state index contributed by atoms with van der Waals surface area (Å²) in [5.74, 6) is -0.773. The predicted octanol–water partition coefficient (Wildman–Crippen LogP) is 0.630. The third kappa shape index (κ3) is 3.15. The Bertz CT molecular complexity index is 496. The van der Waals surface area contributed by atoms with Gasteiger partial charge in [0.1, 0.15) is 0 Å². The number of likely N-dealkylation sites (tertiary alicyclic amines) is 1. The molecular formula is C13H17N3O3. The number of anilines is 2. The minimum absolute atomic E-state index is 0.167. The fourth-order valence-corrected chi connectivity index (χ4v) is 2.03. The number of nitrogens with two attached hydrogens (primary N) is 2. The number of nitrogens with zero attached hydrogens (tertiary/aromatic N) is 1. The first-order chi connectivity index (χ1) is 9.08. The fraction of sp³-hybridized carbons (Fsp3) is 0.385. The second-order valence-electron chi connectivity index (χ2n) is 4.51. The van der Waals surface area contributed by atoms with Gasteiger partial charge in [-0.15, -0.1) is 0 Å². The Morgan fingerprint density at radius 1 is 1.21 bits per heavy atom. The van der Waals surface area contributed by atoms with Gasteiger partial charge in [-0.25, -0.2) is 4.79 Å². The van der Waals surface area contributed by atoms with Crippen LogP contribution < -0.4 is 11.5 Å². The Morgan fingerprint density at radius 3 is 2.53 bits per heavy atom. The number of nitrogen functional groups attached to an aromatic ring is 2. The van der Waals surface area contributed by atoms with Gasteiger partial charge in [-0.05, 0) is 31.0 Å². The highest BCUT2D eigenvalue weighted by Gasteiger charge is 2.20. The Balaban J connectivity index is 1.92. The van der Waals surface area contributed by atoms with Crippen LogP contribution in [-0.2, 0) is 9.53 Å². The van der Waals surface area contributed by atoms with Gasteiger partial charge in [0.25, 0.3) is 5.91 Å². The van der Waals surface area contributed by atoms with Gasteiger partial charge in [0.2, 0.25) is 0 Å². The molecule has 0 aliphatic carbocycles. The third-order valence-electron chi connectivity index (χ3n) is 3.08. The van der Waals surface area contributed by atoms with Crippen molar-refractivity contribution < 1.29 is 14.3 Å². The second-order valence-corrected chi connectivity index (χ2v) is 4.51. The van der Waals surface area contributed by atoms with Crippen LogP contribution in [0.1, 0.15) is 23.2 Å². The van der Waals surface area contributed by atoms with E-state index in [2.05, 4.69) is 0 Å². The second kappa shape index (κ2) is 5.60. The van der Waals surface area contributed by atoms with E-state index in [9.17, 15) is 9.59 Å². The van der Waals surface area contributed by atoms with E-state index < -0.39 is 5.97 Å². The van der Waals surface area contributed by atoms with Crippen molar-refractivity contribution in [2.75, 3.05) is 31.2 Å². The molecule has 2 rings (SSSR count). The average Bonchev–Trinajstić information content (AvgIpc) is 2.89. The van der Waals surface area contributed by atoms with Gasteiger partial charge in [0, 0.05) is 24.5 Å². The SMILES string of the molecule is Nc1ccc(C(=O)OCC(=O)N2CCCC2)c(N)c1. The standard InChI is InChI=1S/C13H17N3O3/c14-9-3-4-10(11(15)7-9)13(18)19-8-12(17)16-5-1-2-6-16/h3-4,7H,1-2,5-6,8,14-15H2. The molecule has 1 aliphatic rings. The monoisotopic (exact) mass is 263 g/mol. The maximum Gasteiger partial charge on any atom is 0.340 e. The smallest absolute Gasteiger partial charge is 0.340 e. The first-order valence-corrected chi connectivity index (χ1v) is 6.18. The lowest BCUT2D eigenvalue weighted by atomic mass is 10.1. The topological polar surface area (TPSA) is 98.7 Å². The number of amides is 1. The summed E-state index contributed by atoms with van der Waals surface area (Å²) < 4.78 is 4.97. The van der Waals surface area contributed by atoms with Crippen LogP contribution >= 0.6 is 0 Å². The van der Waals surface area contributed by atoms with Crippen LogP contribution in [0.4, 0.5) is 11.4 Å². The molecule has 1 heterocycles. The highest BCUT2D eigenvalue weighted by molar-refractivity contribution is 5.96. The van der Waals surface area contributed by atoms with Crippen molar-refractivity contribution in [3.8, 4) is 0 Å². The zero-order valence-electron chi connectivity index (χ0n) is 10.6. The summed E-state index contributed by atoms with van der Waals surface area (Å²) in [6.45, 7) is 1.23. The maximum absolute atomic E-state index is 11.8. The van der Waals surface area contributed by atoms with Gasteiger partial charge in [-0.1, -0.05) is 0 Å². The molecule has 1 aromatic rings. The fourth-order valence-electron chi connectivity index (χ4n) is 2.03. The summed E-state index contributed by atoms with van der Waals surface area (Å²) in [6.07, 6.45) is 2.01. The van der Waals surface area contributed by atoms with Gasteiger partial charge in [-0.3, -0.25) is 4.79 Å². The molecule has 6 heteroatoms. The number of carbonyl (C=O) groups excluding carboxylic acids is 2. The Kier molecular flexibility index (Phi) is 3.89. The van der Waals surface area contributed by atoms with Crippen molar-refractivity contribution in [1.82, 2.24) is 4.90 Å². The summed E-state index contributed by atoms with van der Waals surface area (Å²) >= 11 is 0. The number of ether oxygens (including phenoxy) is 1. The van der Waals surface area contributed by atoms with Crippen LogP contribution in [0.25, 0.3) is 0 Å². The van der Waals surface area contributed by atoms with Gasteiger partial charge >= 0.3 is 5.97 Å². The van der Waals surface area contributed by atoms with Crippen LogP contribution in [0.2, 0.25) is 0 Å². The summed E-state index contributed by atoms with van der Waals surface area (Å²) in [4.78, 5) is 25.2. The summed E-state index contributed by atoms with van der Waals surface area (Å²) in [6, 6.07) is 4.54. The molecule has 6 nitrogen and oxygen atoms in total. The Labute approximate surface area is 111 Å². The summed E-state index contributed by atoms with van der Waals surface area (Å²) in [5.41, 5.74) is 12.2. The number of benzene rings is 1. The van der Waals surface area contributed by atoms with Crippen LogP contribution in [0, 0.1) is 0 Å². The summed E-state index contributed by atoms with van der Waals surface area (Å²) in [7, 11) is 0. The molecule has 1 amide bonds. The molecule has 1 aliphatic heterocycles. The van der Waals surface area contributed by atoms with Crippen molar-refractivity contribution in [3.63, 3.8) is 0 Å². The van der Waals surface area contributed by atoms with Gasteiger partial charge in [-0.2, -0.15) is 0 Å². The average molecular weight is 263 g/mol. The quantitative estimate of drug-likeness (QED) is 0.615. The van der Waals surface area contributed by atoms with E-state index in [4.69, 9.17) is 16.2 Å². The van der Waals surface area contributed by atoms with Crippen molar-refractivity contribution in [1.29, 1.82) is 0 Å². The largest absolute Gasteiger partial charge is 0.452 e. The molecule has 0 radical (unpaired) electrons. The highest BCUT2D eigenvalue weighted by atomic mass is 16.5. The van der Waals surface area contributed by atoms with E-state index in [1.54, 1.807) is 11.0 Å². The normalized spacial score (nSPS) is 14.4. The Hall–Kier alpha value is -2.24. The number of esters is 1. The maximum atomic E-state index is 11.8. The molecule has 0 atom stereocenters.